The molecule has 1 aliphatic rings. The van der Waals surface area contributed by atoms with Gasteiger partial charge >= 0.3 is 0 Å². The second-order valence-electron chi connectivity index (χ2n) is 6.14. The molecule has 3 rings (SSSR count). The summed E-state index contributed by atoms with van der Waals surface area (Å²) >= 11 is 1.42. The second-order valence-corrected chi connectivity index (χ2v) is 7.24. The maximum atomic E-state index is 12.3. The fourth-order valence-electron chi connectivity index (χ4n) is 3.01. The minimum atomic E-state index is -0.519. The minimum Gasteiger partial charge on any atom is -0.365 e. The van der Waals surface area contributed by atoms with Crippen LogP contribution in [-0.4, -0.2) is 16.4 Å². The molecule has 7 heteroatoms. The van der Waals surface area contributed by atoms with Crippen molar-refractivity contribution in [2.45, 2.75) is 32.7 Å². The topological polar surface area (TPSA) is 94.2 Å². The Kier molecular flexibility index (Phi) is 4.53. The van der Waals surface area contributed by atoms with Gasteiger partial charge in [0.15, 0.2) is 0 Å². The van der Waals surface area contributed by atoms with Gasteiger partial charge in [-0.15, -0.1) is 11.3 Å². The SMILES string of the molecule is CC1CCc2c(sc(NC(=O)Cn3ccccc3=O)c2C(N)=O)C1. The number of amides is 2. The van der Waals surface area contributed by atoms with Crippen molar-refractivity contribution in [3.05, 3.63) is 50.8 Å². The number of hydrogen-bond donors (Lipinski definition) is 2. The molecule has 2 heterocycles. The van der Waals surface area contributed by atoms with Crippen LogP contribution in [0.3, 0.4) is 0 Å². The van der Waals surface area contributed by atoms with Crippen molar-refractivity contribution < 1.29 is 9.59 Å². The number of nitrogens with zero attached hydrogens (tertiary/aromatic N) is 1. The molecule has 2 aromatic rings. The molecule has 0 spiro atoms. The van der Waals surface area contributed by atoms with Gasteiger partial charge in [0, 0.05) is 17.1 Å². The predicted molar refractivity (Wildman–Crippen MR) is 93.4 cm³/mol. The summed E-state index contributed by atoms with van der Waals surface area (Å²) in [6.07, 6.45) is 4.27. The summed E-state index contributed by atoms with van der Waals surface area (Å²) in [7, 11) is 0. The third-order valence-corrected chi connectivity index (χ3v) is 5.39. The van der Waals surface area contributed by atoms with Crippen LogP contribution < -0.4 is 16.6 Å². The van der Waals surface area contributed by atoms with Crippen molar-refractivity contribution in [1.29, 1.82) is 0 Å². The average Bonchev–Trinajstić information content (AvgIpc) is 2.86. The van der Waals surface area contributed by atoms with Crippen LogP contribution in [0.2, 0.25) is 0 Å². The highest BCUT2D eigenvalue weighted by molar-refractivity contribution is 7.17. The number of primary amides is 1. The van der Waals surface area contributed by atoms with E-state index in [-0.39, 0.29) is 18.0 Å². The normalized spacial score (nSPS) is 16.5. The van der Waals surface area contributed by atoms with Gasteiger partial charge in [-0.1, -0.05) is 13.0 Å². The first-order valence-electron chi connectivity index (χ1n) is 7.85. The lowest BCUT2D eigenvalue weighted by Crippen LogP contribution is -2.27. The Hall–Kier alpha value is -2.41. The average molecular weight is 345 g/mol. The fraction of sp³-hybridized carbons (Fsp3) is 0.353. The lowest BCUT2D eigenvalue weighted by Gasteiger charge is -2.18. The Morgan fingerprint density at radius 1 is 1.42 bits per heavy atom. The number of pyridine rings is 1. The highest BCUT2D eigenvalue weighted by atomic mass is 32.1. The zero-order valence-electron chi connectivity index (χ0n) is 13.4. The molecule has 1 unspecified atom stereocenters. The number of fused-ring (bicyclic) bond motifs is 1. The first-order chi connectivity index (χ1) is 11.5. The van der Waals surface area contributed by atoms with E-state index in [1.807, 2.05) is 0 Å². The van der Waals surface area contributed by atoms with Gasteiger partial charge in [-0.05, 0) is 36.8 Å². The lowest BCUT2D eigenvalue weighted by atomic mass is 9.88. The van der Waals surface area contributed by atoms with Crippen molar-refractivity contribution in [1.82, 2.24) is 4.57 Å². The second kappa shape index (κ2) is 6.60. The van der Waals surface area contributed by atoms with Crippen LogP contribution in [0.5, 0.6) is 0 Å². The Bertz CT molecular complexity index is 853. The Balaban J connectivity index is 1.84. The van der Waals surface area contributed by atoms with Gasteiger partial charge in [0.2, 0.25) is 5.91 Å². The number of aromatic nitrogens is 1. The number of carbonyl (C=O) groups excluding carboxylic acids is 2. The highest BCUT2D eigenvalue weighted by Crippen LogP contribution is 2.39. The van der Waals surface area contributed by atoms with Crippen molar-refractivity contribution >= 4 is 28.2 Å². The summed E-state index contributed by atoms with van der Waals surface area (Å²) in [5.74, 6) is -0.310. The van der Waals surface area contributed by atoms with E-state index in [4.69, 9.17) is 5.73 Å². The third kappa shape index (κ3) is 3.26. The Labute approximate surface area is 143 Å². The Morgan fingerprint density at radius 3 is 2.92 bits per heavy atom. The van der Waals surface area contributed by atoms with Gasteiger partial charge in [-0.25, -0.2) is 0 Å². The van der Waals surface area contributed by atoms with E-state index >= 15 is 0 Å². The van der Waals surface area contributed by atoms with Crippen LogP contribution in [0.1, 0.15) is 34.1 Å². The number of nitrogens with two attached hydrogens (primary N) is 1. The summed E-state index contributed by atoms with van der Waals surface area (Å²) in [5, 5.41) is 3.25. The number of hydrogen-bond acceptors (Lipinski definition) is 4. The van der Waals surface area contributed by atoms with E-state index in [0.29, 0.717) is 16.5 Å². The number of nitrogens with one attached hydrogen (secondary N) is 1. The van der Waals surface area contributed by atoms with Crippen LogP contribution in [0.4, 0.5) is 5.00 Å². The number of rotatable bonds is 4. The molecule has 2 aromatic heterocycles. The Morgan fingerprint density at radius 2 is 2.21 bits per heavy atom. The molecule has 0 fully saturated rings. The highest BCUT2D eigenvalue weighted by Gasteiger charge is 2.27. The first-order valence-corrected chi connectivity index (χ1v) is 8.67. The molecule has 0 bridgehead atoms. The molecule has 1 aliphatic carbocycles. The van der Waals surface area contributed by atoms with E-state index in [9.17, 15) is 14.4 Å². The maximum Gasteiger partial charge on any atom is 0.251 e. The van der Waals surface area contributed by atoms with E-state index < -0.39 is 5.91 Å². The van der Waals surface area contributed by atoms with Crippen LogP contribution in [0.15, 0.2) is 29.2 Å². The zero-order valence-corrected chi connectivity index (χ0v) is 14.2. The zero-order chi connectivity index (χ0) is 17.3. The molecule has 0 aromatic carbocycles. The molecule has 3 N–H and O–H groups in total. The van der Waals surface area contributed by atoms with Gasteiger partial charge < -0.3 is 15.6 Å². The van der Waals surface area contributed by atoms with Gasteiger partial charge in [-0.2, -0.15) is 0 Å². The molecular weight excluding hydrogens is 326 g/mol. The standard InChI is InChI=1S/C17H19N3O3S/c1-10-5-6-11-12(8-10)24-17(15(11)16(18)23)19-13(21)9-20-7-3-2-4-14(20)22/h2-4,7,10H,5-6,8-9H2,1H3,(H2,18,23)(H,19,21). The maximum absolute atomic E-state index is 12.3. The first kappa shape index (κ1) is 16.4. The van der Waals surface area contributed by atoms with E-state index in [1.54, 1.807) is 18.3 Å². The molecule has 0 saturated carbocycles. The minimum absolute atomic E-state index is 0.100. The summed E-state index contributed by atoms with van der Waals surface area (Å²) in [6.45, 7) is 2.07. The van der Waals surface area contributed by atoms with Crippen LogP contribution >= 0.6 is 11.3 Å². The van der Waals surface area contributed by atoms with Crippen molar-refractivity contribution in [3.63, 3.8) is 0 Å². The summed E-state index contributed by atoms with van der Waals surface area (Å²) in [5.41, 5.74) is 6.68. The quantitative estimate of drug-likeness (QED) is 0.884. The molecule has 1 atom stereocenters. The number of anilines is 1. The number of thiophene rings is 1. The van der Waals surface area contributed by atoms with Crippen LogP contribution in [0.25, 0.3) is 0 Å². The lowest BCUT2D eigenvalue weighted by molar-refractivity contribution is -0.116. The van der Waals surface area contributed by atoms with E-state index in [2.05, 4.69) is 12.2 Å². The smallest absolute Gasteiger partial charge is 0.251 e. The van der Waals surface area contributed by atoms with Gasteiger partial charge in [-0.3, -0.25) is 14.4 Å². The fourth-order valence-corrected chi connectivity index (χ4v) is 4.44. The monoisotopic (exact) mass is 345 g/mol. The van der Waals surface area contributed by atoms with Gasteiger partial charge in [0.05, 0.1) is 5.56 Å². The third-order valence-electron chi connectivity index (χ3n) is 4.22. The van der Waals surface area contributed by atoms with E-state index in [0.717, 1.165) is 29.7 Å². The molecule has 0 radical (unpaired) electrons. The molecular formula is C17H19N3O3S. The van der Waals surface area contributed by atoms with Gasteiger partial charge in [0.1, 0.15) is 11.5 Å². The predicted octanol–water partition coefficient (Wildman–Crippen LogP) is 1.77. The van der Waals surface area contributed by atoms with E-state index in [1.165, 1.54) is 22.0 Å². The number of carbonyl (C=O) groups is 2. The van der Waals surface area contributed by atoms with Crippen molar-refractivity contribution in [2.24, 2.45) is 11.7 Å². The molecule has 126 valence electrons. The molecule has 6 nitrogen and oxygen atoms in total. The van der Waals surface area contributed by atoms with Gasteiger partial charge in [0.25, 0.3) is 11.5 Å². The molecule has 24 heavy (non-hydrogen) atoms. The largest absolute Gasteiger partial charge is 0.365 e. The van der Waals surface area contributed by atoms with Crippen molar-refractivity contribution in [2.75, 3.05) is 5.32 Å². The summed E-state index contributed by atoms with van der Waals surface area (Å²) in [4.78, 5) is 36.9. The summed E-state index contributed by atoms with van der Waals surface area (Å²) < 4.78 is 1.31. The molecule has 0 aliphatic heterocycles. The summed E-state index contributed by atoms with van der Waals surface area (Å²) in [6, 6.07) is 4.71. The van der Waals surface area contributed by atoms with Crippen molar-refractivity contribution in [3.8, 4) is 0 Å². The molecule has 0 saturated heterocycles. The van der Waals surface area contributed by atoms with Crippen LogP contribution in [-0.2, 0) is 24.2 Å². The van der Waals surface area contributed by atoms with Crippen LogP contribution in [0, 0.1) is 5.92 Å². The molecule has 2 amide bonds.